The van der Waals surface area contributed by atoms with Crippen molar-refractivity contribution in [2.75, 3.05) is 26.6 Å². The van der Waals surface area contributed by atoms with E-state index in [1.165, 1.54) is 18.9 Å². The van der Waals surface area contributed by atoms with Gasteiger partial charge in [0.05, 0.1) is 25.1 Å². The highest BCUT2D eigenvalue weighted by molar-refractivity contribution is 7.99. The highest BCUT2D eigenvalue weighted by atomic mass is 32.2. The maximum atomic E-state index is 12.6. The highest BCUT2D eigenvalue weighted by Crippen LogP contribution is 2.47. The first-order valence-electron chi connectivity index (χ1n) is 14.4. The van der Waals surface area contributed by atoms with Crippen molar-refractivity contribution in [2.45, 2.75) is 80.1 Å². The van der Waals surface area contributed by atoms with Crippen LogP contribution >= 0.6 is 11.8 Å². The number of rotatable bonds is 12. The fraction of sp³-hybridized carbons (Fsp3) is 0.500. The molecule has 0 N–H and O–H groups in total. The summed E-state index contributed by atoms with van der Waals surface area (Å²) in [5.41, 5.74) is 0.397. The molecule has 0 amide bonds. The lowest BCUT2D eigenvalue weighted by atomic mass is 9.93. The summed E-state index contributed by atoms with van der Waals surface area (Å²) in [7, 11) is -0.685. The van der Waals surface area contributed by atoms with Gasteiger partial charge in [0, 0.05) is 19.1 Å². The predicted octanol–water partition coefficient (Wildman–Crippen LogP) is 5.51. The number of fused-ring (bicyclic) bond motifs is 2. The van der Waals surface area contributed by atoms with Crippen molar-refractivity contribution in [2.24, 2.45) is 0 Å². The first-order chi connectivity index (χ1) is 20.6. The molecule has 0 spiro atoms. The molecule has 0 bridgehead atoms. The Hall–Kier alpha value is -2.06. The molecule has 0 unspecified atom stereocenters. The second kappa shape index (κ2) is 13.5. The van der Waals surface area contributed by atoms with Gasteiger partial charge < -0.3 is 28.4 Å². The third-order valence-corrected chi connectivity index (χ3v) is 10.6. The Kier molecular flexibility index (Phi) is 10.2. The SMILES string of the molecule is CCOS(=O)(=O)CC[C@H]1O[C@@H](Sc2ccccc2)[C@@H]2O[C@@](C)(OC)[C@](C)(OC)O[C@H]2[C@@H]1OCc1ccc2ccccc2c1. The highest BCUT2D eigenvalue weighted by Gasteiger charge is 2.62. The zero-order chi connectivity index (χ0) is 30.7. The summed E-state index contributed by atoms with van der Waals surface area (Å²) < 4.78 is 68.5. The zero-order valence-electron chi connectivity index (χ0n) is 25.1. The van der Waals surface area contributed by atoms with Gasteiger partial charge in [-0.05, 0) is 61.7 Å². The molecule has 3 aromatic carbocycles. The van der Waals surface area contributed by atoms with Gasteiger partial charge in [-0.15, -0.1) is 0 Å². The van der Waals surface area contributed by atoms with E-state index in [1.807, 2.05) is 48.5 Å². The lowest BCUT2D eigenvalue weighted by Crippen LogP contribution is -2.72. The van der Waals surface area contributed by atoms with Crippen LogP contribution in [0.1, 0.15) is 32.8 Å². The van der Waals surface area contributed by atoms with Crippen molar-refractivity contribution in [1.29, 1.82) is 0 Å². The van der Waals surface area contributed by atoms with E-state index in [1.54, 1.807) is 27.9 Å². The minimum atomic E-state index is -3.76. The number of ether oxygens (including phenoxy) is 6. The molecule has 0 radical (unpaired) electrons. The van der Waals surface area contributed by atoms with Gasteiger partial charge >= 0.3 is 0 Å². The largest absolute Gasteiger partial charge is 0.368 e. The molecule has 234 valence electrons. The van der Waals surface area contributed by atoms with Gasteiger partial charge in [0.1, 0.15) is 23.7 Å². The third kappa shape index (κ3) is 7.11. The maximum absolute atomic E-state index is 12.6. The zero-order valence-corrected chi connectivity index (χ0v) is 26.8. The summed E-state index contributed by atoms with van der Waals surface area (Å²) >= 11 is 1.47. The van der Waals surface area contributed by atoms with E-state index < -0.39 is 51.5 Å². The van der Waals surface area contributed by atoms with Crippen LogP contribution in [0.2, 0.25) is 0 Å². The van der Waals surface area contributed by atoms with Gasteiger partial charge in [-0.25, -0.2) is 0 Å². The molecule has 9 nitrogen and oxygen atoms in total. The van der Waals surface area contributed by atoms with Crippen LogP contribution < -0.4 is 0 Å². The average Bonchev–Trinajstić information content (AvgIpc) is 3.01. The van der Waals surface area contributed by atoms with E-state index >= 15 is 0 Å². The number of thioether (sulfide) groups is 1. The van der Waals surface area contributed by atoms with Crippen molar-refractivity contribution in [3.63, 3.8) is 0 Å². The molecule has 2 saturated heterocycles. The molecule has 43 heavy (non-hydrogen) atoms. The third-order valence-electron chi connectivity index (χ3n) is 8.12. The summed E-state index contributed by atoms with van der Waals surface area (Å²) in [6.07, 6.45) is -2.54. The molecule has 11 heteroatoms. The van der Waals surface area contributed by atoms with E-state index in [2.05, 4.69) is 24.3 Å². The molecule has 2 aliphatic heterocycles. The predicted molar refractivity (Wildman–Crippen MR) is 164 cm³/mol. The number of benzene rings is 3. The first-order valence-corrected chi connectivity index (χ1v) is 16.9. The van der Waals surface area contributed by atoms with E-state index in [-0.39, 0.29) is 25.4 Å². The molecular formula is C32H40O9S2. The van der Waals surface area contributed by atoms with E-state index in [0.29, 0.717) is 0 Å². The fourth-order valence-electron chi connectivity index (χ4n) is 5.52. The summed E-state index contributed by atoms with van der Waals surface area (Å²) in [6, 6.07) is 24.1. The Morgan fingerprint density at radius 1 is 0.860 bits per heavy atom. The monoisotopic (exact) mass is 632 g/mol. The van der Waals surface area contributed by atoms with Gasteiger partial charge in [-0.1, -0.05) is 66.4 Å². The molecule has 2 fully saturated rings. The van der Waals surface area contributed by atoms with Crippen LogP contribution in [0.4, 0.5) is 0 Å². The van der Waals surface area contributed by atoms with Crippen molar-refractivity contribution >= 4 is 32.7 Å². The Labute approximate surface area is 258 Å². The molecule has 0 aliphatic carbocycles. The van der Waals surface area contributed by atoms with E-state index in [4.69, 9.17) is 32.6 Å². The number of hydrogen-bond donors (Lipinski definition) is 0. The van der Waals surface area contributed by atoms with Gasteiger partial charge in [0.2, 0.25) is 11.6 Å². The summed E-state index contributed by atoms with van der Waals surface area (Å²) in [6.45, 7) is 5.49. The normalized spacial score (nSPS) is 31.1. The quantitative estimate of drug-likeness (QED) is 0.238. The Balaban J connectivity index is 1.49. The maximum Gasteiger partial charge on any atom is 0.267 e. The molecule has 2 aliphatic rings. The van der Waals surface area contributed by atoms with Gasteiger partial charge in [0.25, 0.3) is 10.1 Å². The molecule has 0 aromatic heterocycles. The second-order valence-electron chi connectivity index (χ2n) is 10.9. The first kappa shape index (κ1) is 32.3. The molecule has 0 saturated carbocycles. The van der Waals surface area contributed by atoms with Crippen LogP contribution in [-0.4, -0.2) is 76.4 Å². The van der Waals surface area contributed by atoms with Gasteiger partial charge in [-0.2, -0.15) is 8.42 Å². The lowest BCUT2D eigenvalue weighted by molar-refractivity contribution is -0.469. The smallest absolute Gasteiger partial charge is 0.267 e. The number of methoxy groups -OCH3 is 2. The van der Waals surface area contributed by atoms with Crippen molar-refractivity contribution in [1.82, 2.24) is 0 Å². The Bertz CT molecular complexity index is 1470. The van der Waals surface area contributed by atoms with Crippen LogP contribution in [0.5, 0.6) is 0 Å². The minimum absolute atomic E-state index is 0.0612. The van der Waals surface area contributed by atoms with Gasteiger partial charge in [-0.3, -0.25) is 4.18 Å². The Morgan fingerprint density at radius 2 is 1.51 bits per heavy atom. The minimum Gasteiger partial charge on any atom is -0.368 e. The van der Waals surface area contributed by atoms with Crippen LogP contribution in [0.25, 0.3) is 10.8 Å². The van der Waals surface area contributed by atoms with Crippen molar-refractivity contribution < 1.29 is 41.0 Å². The van der Waals surface area contributed by atoms with E-state index in [0.717, 1.165) is 21.2 Å². The lowest BCUT2D eigenvalue weighted by Gasteiger charge is -2.57. The molecular weight excluding hydrogens is 592 g/mol. The van der Waals surface area contributed by atoms with Gasteiger partial charge in [0.15, 0.2) is 0 Å². The standard InChI is InChI=1S/C32H40O9S2/c1-6-38-43(33,34)19-18-26-27(37-21-22-16-17-23-12-10-11-13-24(23)20-22)28-29(30(39-26)42-25-14-8-7-9-15-25)41-32(3,36-5)31(2,35-4)40-28/h7-17,20,26-30H,6,18-19,21H2,1-5H3/t26-,27-,28+,29-,30+,31-,32-/m1/s1. The van der Waals surface area contributed by atoms with Crippen LogP contribution in [0.15, 0.2) is 77.7 Å². The van der Waals surface area contributed by atoms with E-state index in [9.17, 15) is 8.42 Å². The topological polar surface area (TPSA) is 98.8 Å². The number of hydrogen-bond acceptors (Lipinski definition) is 10. The molecule has 3 aromatic rings. The summed E-state index contributed by atoms with van der Waals surface area (Å²) in [4.78, 5) is 0.963. The van der Waals surface area contributed by atoms with Crippen molar-refractivity contribution in [3.05, 3.63) is 78.4 Å². The van der Waals surface area contributed by atoms with Crippen molar-refractivity contribution in [3.8, 4) is 0 Å². The molecule has 2 heterocycles. The van der Waals surface area contributed by atoms with Crippen LogP contribution in [0.3, 0.4) is 0 Å². The second-order valence-corrected chi connectivity index (χ2v) is 13.8. The van der Waals surface area contributed by atoms with Crippen LogP contribution in [0, 0.1) is 0 Å². The average molecular weight is 633 g/mol. The molecule has 5 rings (SSSR count). The summed E-state index contributed by atoms with van der Waals surface area (Å²) in [5.74, 6) is -2.80. The summed E-state index contributed by atoms with van der Waals surface area (Å²) in [5, 5.41) is 2.23. The Morgan fingerprint density at radius 3 is 2.19 bits per heavy atom. The van der Waals surface area contributed by atoms with Crippen LogP contribution in [-0.2, 0) is 49.3 Å². The molecule has 7 atom stereocenters. The fourth-order valence-corrected chi connectivity index (χ4v) is 7.64.